The molecular formula is C16H24N4O2. The van der Waals surface area contributed by atoms with E-state index in [1.807, 2.05) is 23.1 Å². The molecule has 1 saturated heterocycles. The first-order valence-corrected chi connectivity index (χ1v) is 7.62. The molecule has 0 saturated carbocycles. The van der Waals surface area contributed by atoms with Gasteiger partial charge < -0.3 is 19.5 Å². The standard InChI is InChI=1S/C16H24N4O2/c1-3-7-17-16(18-8-6-15-5-4-13-22-15)20-11-9-19(10-12-20)14(2)21/h3-5,13H,1,6-12H2,2H3,(H,17,18). The van der Waals surface area contributed by atoms with E-state index in [2.05, 4.69) is 21.8 Å². The SMILES string of the molecule is C=CCNC(=NCCc1ccco1)N1CCN(C(C)=O)CC1. The van der Waals surface area contributed by atoms with Crippen LogP contribution in [0, 0.1) is 0 Å². The van der Waals surface area contributed by atoms with Gasteiger partial charge >= 0.3 is 0 Å². The zero-order chi connectivity index (χ0) is 15.8. The summed E-state index contributed by atoms with van der Waals surface area (Å²) in [7, 11) is 0. The van der Waals surface area contributed by atoms with Gasteiger partial charge in [-0.3, -0.25) is 9.79 Å². The zero-order valence-corrected chi connectivity index (χ0v) is 13.1. The van der Waals surface area contributed by atoms with Crippen molar-refractivity contribution >= 4 is 11.9 Å². The first-order valence-electron chi connectivity index (χ1n) is 7.62. The Morgan fingerprint density at radius 2 is 2.14 bits per heavy atom. The number of guanidine groups is 1. The summed E-state index contributed by atoms with van der Waals surface area (Å²) >= 11 is 0. The summed E-state index contributed by atoms with van der Waals surface area (Å²) < 4.78 is 5.32. The van der Waals surface area contributed by atoms with Gasteiger partial charge in [0.1, 0.15) is 5.76 Å². The van der Waals surface area contributed by atoms with Crippen molar-refractivity contribution in [3.63, 3.8) is 0 Å². The van der Waals surface area contributed by atoms with Crippen molar-refractivity contribution in [1.29, 1.82) is 0 Å². The molecule has 1 N–H and O–H groups in total. The highest BCUT2D eigenvalue weighted by Crippen LogP contribution is 2.04. The molecule has 120 valence electrons. The molecular weight excluding hydrogens is 280 g/mol. The highest BCUT2D eigenvalue weighted by atomic mass is 16.3. The van der Waals surface area contributed by atoms with Crippen molar-refractivity contribution in [3.05, 3.63) is 36.8 Å². The van der Waals surface area contributed by atoms with Crippen LogP contribution in [-0.2, 0) is 11.2 Å². The number of rotatable bonds is 5. The van der Waals surface area contributed by atoms with Gasteiger partial charge in [-0.1, -0.05) is 6.08 Å². The average molecular weight is 304 g/mol. The van der Waals surface area contributed by atoms with E-state index in [-0.39, 0.29) is 5.91 Å². The van der Waals surface area contributed by atoms with Crippen LogP contribution < -0.4 is 5.32 Å². The number of carbonyl (C=O) groups is 1. The fourth-order valence-electron chi connectivity index (χ4n) is 2.39. The van der Waals surface area contributed by atoms with Crippen LogP contribution >= 0.6 is 0 Å². The quantitative estimate of drug-likeness (QED) is 0.503. The van der Waals surface area contributed by atoms with Crippen molar-refractivity contribution in [2.45, 2.75) is 13.3 Å². The Morgan fingerprint density at radius 3 is 2.73 bits per heavy atom. The molecule has 22 heavy (non-hydrogen) atoms. The summed E-state index contributed by atoms with van der Waals surface area (Å²) in [5.41, 5.74) is 0. The Hall–Kier alpha value is -2.24. The maximum atomic E-state index is 11.4. The highest BCUT2D eigenvalue weighted by Gasteiger charge is 2.20. The van der Waals surface area contributed by atoms with Gasteiger partial charge in [0, 0.05) is 52.6 Å². The summed E-state index contributed by atoms with van der Waals surface area (Å²) in [6, 6.07) is 3.84. The van der Waals surface area contributed by atoms with E-state index < -0.39 is 0 Å². The Bertz CT molecular complexity index is 502. The minimum Gasteiger partial charge on any atom is -0.469 e. The molecule has 0 unspecified atom stereocenters. The van der Waals surface area contributed by atoms with Crippen molar-refractivity contribution in [3.8, 4) is 0 Å². The molecule has 0 aromatic carbocycles. The fourth-order valence-corrected chi connectivity index (χ4v) is 2.39. The van der Waals surface area contributed by atoms with E-state index in [0.29, 0.717) is 13.1 Å². The van der Waals surface area contributed by atoms with Gasteiger partial charge in [-0.05, 0) is 12.1 Å². The second kappa shape index (κ2) is 8.26. The van der Waals surface area contributed by atoms with E-state index in [0.717, 1.165) is 44.3 Å². The first-order chi connectivity index (χ1) is 10.7. The Balaban J connectivity index is 1.90. The van der Waals surface area contributed by atoms with Crippen molar-refractivity contribution in [2.75, 3.05) is 39.3 Å². The number of hydrogen-bond donors (Lipinski definition) is 1. The first kappa shape index (κ1) is 16.1. The molecule has 0 spiro atoms. The van der Waals surface area contributed by atoms with Crippen LogP contribution in [0.2, 0.25) is 0 Å². The number of furan rings is 1. The molecule has 2 heterocycles. The van der Waals surface area contributed by atoms with Gasteiger partial charge in [0.05, 0.1) is 6.26 Å². The third kappa shape index (κ3) is 4.65. The lowest BCUT2D eigenvalue weighted by Gasteiger charge is -2.36. The second-order valence-electron chi connectivity index (χ2n) is 5.20. The predicted molar refractivity (Wildman–Crippen MR) is 86.7 cm³/mol. The van der Waals surface area contributed by atoms with Gasteiger partial charge in [0.15, 0.2) is 5.96 Å². The van der Waals surface area contributed by atoms with Crippen LogP contribution in [0.15, 0.2) is 40.5 Å². The molecule has 1 fully saturated rings. The Kier molecular flexibility index (Phi) is 6.06. The van der Waals surface area contributed by atoms with Crippen LogP contribution in [0.3, 0.4) is 0 Å². The lowest BCUT2D eigenvalue weighted by Crippen LogP contribution is -2.53. The van der Waals surface area contributed by atoms with Gasteiger partial charge in [0.2, 0.25) is 5.91 Å². The summed E-state index contributed by atoms with van der Waals surface area (Å²) in [6.45, 7) is 9.75. The molecule has 1 aliphatic rings. The van der Waals surface area contributed by atoms with Crippen LogP contribution in [0.4, 0.5) is 0 Å². The fraction of sp³-hybridized carbons (Fsp3) is 0.500. The number of aliphatic imine (C=N–C) groups is 1. The molecule has 0 aliphatic carbocycles. The summed E-state index contributed by atoms with van der Waals surface area (Å²) in [5, 5.41) is 3.29. The van der Waals surface area contributed by atoms with E-state index in [9.17, 15) is 4.79 Å². The molecule has 1 amide bonds. The third-order valence-electron chi connectivity index (χ3n) is 3.63. The van der Waals surface area contributed by atoms with Crippen molar-refractivity contribution < 1.29 is 9.21 Å². The number of hydrogen-bond acceptors (Lipinski definition) is 3. The predicted octanol–water partition coefficient (Wildman–Crippen LogP) is 1.12. The molecule has 0 bridgehead atoms. The molecule has 6 nitrogen and oxygen atoms in total. The van der Waals surface area contributed by atoms with E-state index in [1.54, 1.807) is 13.2 Å². The monoisotopic (exact) mass is 304 g/mol. The maximum absolute atomic E-state index is 11.4. The largest absolute Gasteiger partial charge is 0.469 e. The highest BCUT2D eigenvalue weighted by molar-refractivity contribution is 5.80. The zero-order valence-electron chi connectivity index (χ0n) is 13.1. The minimum absolute atomic E-state index is 0.134. The third-order valence-corrected chi connectivity index (χ3v) is 3.63. The molecule has 0 radical (unpaired) electrons. The van der Waals surface area contributed by atoms with Crippen molar-refractivity contribution in [2.24, 2.45) is 4.99 Å². The molecule has 1 aromatic heterocycles. The molecule has 1 aromatic rings. The van der Waals surface area contributed by atoms with Crippen LogP contribution in [-0.4, -0.2) is 60.9 Å². The number of nitrogens with zero attached hydrogens (tertiary/aromatic N) is 3. The topological polar surface area (TPSA) is 61.1 Å². The molecule has 0 atom stereocenters. The molecule has 2 rings (SSSR count). The van der Waals surface area contributed by atoms with Crippen LogP contribution in [0.1, 0.15) is 12.7 Å². The van der Waals surface area contributed by atoms with Gasteiger partial charge in [0.25, 0.3) is 0 Å². The second-order valence-corrected chi connectivity index (χ2v) is 5.20. The van der Waals surface area contributed by atoms with Crippen LogP contribution in [0.25, 0.3) is 0 Å². The van der Waals surface area contributed by atoms with Gasteiger partial charge in [-0.25, -0.2) is 0 Å². The molecule has 1 aliphatic heterocycles. The lowest BCUT2D eigenvalue weighted by molar-refractivity contribution is -0.130. The van der Waals surface area contributed by atoms with Gasteiger partial charge in [-0.2, -0.15) is 0 Å². The van der Waals surface area contributed by atoms with E-state index >= 15 is 0 Å². The van der Waals surface area contributed by atoms with Crippen molar-refractivity contribution in [1.82, 2.24) is 15.1 Å². The normalized spacial score (nSPS) is 15.8. The van der Waals surface area contributed by atoms with E-state index in [4.69, 9.17) is 4.42 Å². The summed E-state index contributed by atoms with van der Waals surface area (Å²) in [5.74, 6) is 1.94. The smallest absolute Gasteiger partial charge is 0.219 e. The number of piperazine rings is 1. The average Bonchev–Trinajstić information content (AvgIpc) is 3.04. The van der Waals surface area contributed by atoms with Gasteiger partial charge in [-0.15, -0.1) is 6.58 Å². The Labute approximate surface area is 131 Å². The molecule has 6 heteroatoms. The Morgan fingerprint density at radius 1 is 1.41 bits per heavy atom. The van der Waals surface area contributed by atoms with E-state index in [1.165, 1.54) is 0 Å². The summed E-state index contributed by atoms with van der Waals surface area (Å²) in [6.07, 6.45) is 4.27. The lowest BCUT2D eigenvalue weighted by atomic mass is 10.3. The number of amides is 1. The minimum atomic E-state index is 0.134. The van der Waals surface area contributed by atoms with Crippen LogP contribution in [0.5, 0.6) is 0 Å². The number of carbonyl (C=O) groups excluding carboxylic acids is 1. The summed E-state index contributed by atoms with van der Waals surface area (Å²) in [4.78, 5) is 20.1. The number of nitrogens with one attached hydrogen (secondary N) is 1. The maximum Gasteiger partial charge on any atom is 0.219 e.